The molecular weight excluding hydrogens is 204 g/mol. The summed E-state index contributed by atoms with van der Waals surface area (Å²) in [6.07, 6.45) is 13.4. The maximum atomic E-state index is 10.0. The summed E-state index contributed by atoms with van der Waals surface area (Å²) in [6.45, 7) is 0. The maximum absolute atomic E-state index is 10.0. The molecule has 2 heteroatoms. The van der Waals surface area contributed by atoms with Crippen LogP contribution in [0.15, 0.2) is 0 Å². The average molecular weight is 224 g/mol. The molecule has 0 aliphatic heterocycles. The number of aldehydes is 1. The van der Waals surface area contributed by atoms with Crippen molar-refractivity contribution in [3.63, 3.8) is 0 Å². The number of rotatable bonds is 1. The van der Waals surface area contributed by atoms with Gasteiger partial charge in [0.25, 0.3) is 0 Å². The van der Waals surface area contributed by atoms with Gasteiger partial charge in [0.15, 0.2) is 0 Å². The summed E-state index contributed by atoms with van der Waals surface area (Å²) in [7, 11) is 0. The SMILES string of the molecule is C1CCCC1.O=CC1CCCC1.[Fe]. The smallest absolute Gasteiger partial charge is 0.123 e. The molecule has 0 aromatic rings. The quantitative estimate of drug-likeness (QED) is 0.493. The molecule has 2 aliphatic rings. The van der Waals surface area contributed by atoms with Gasteiger partial charge in [0.1, 0.15) is 6.29 Å². The van der Waals surface area contributed by atoms with E-state index in [0.29, 0.717) is 5.92 Å². The topological polar surface area (TPSA) is 17.1 Å². The fraction of sp³-hybridized carbons (Fsp3) is 0.909. The van der Waals surface area contributed by atoms with Crippen LogP contribution in [0.1, 0.15) is 57.8 Å². The van der Waals surface area contributed by atoms with E-state index in [0.717, 1.165) is 19.1 Å². The fourth-order valence-corrected chi connectivity index (χ4v) is 1.98. The minimum atomic E-state index is 0. The van der Waals surface area contributed by atoms with E-state index in [1.807, 2.05) is 0 Å². The van der Waals surface area contributed by atoms with E-state index in [9.17, 15) is 4.79 Å². The van der Waals surface area contributed by atoms with E-state index in [-0.39, 0.29) is 17.1 Å². The van der Waals surface area contributed by atoms with Gasteiger partial charge in [-0.25, -0.2) is 0 Å². The van der Waals surface area contributed by atoms with Crippen LogP contribution in [0, 0.1) is 5.92 Å². The molecule has 0 N–H and O–H groups in total. The molecule has 0 amide bonds. The van der Waals surface area contributed by atoms with Crippen molar-refractivity contribution in [2.24, 2.45) is 5.92 Å². The first-order valence-electron chi connectivity index (χ1n) is 5.39. The Morgan fingerprint density at radius 3 is 1.38 bits per heavy atom. The molecule has 0 aromatic heterocycles. The van der Waals surface area contributed by atoms with Crippen LogP contribution in [0.5, 0.6) is 0 Å². The standard InChI is InChI=1S/C6H10O.C5H10.Fe/c7-5-6-3-1-2-4-6;1-2-4-5-3-1;/h5-6H,1-4H2;1-5H2;. The Bertz CT molecular complexity index is 108. The predicted octanol–water partition coefficient (Wildman–Crippen LogP) is 3.32. The van der Waals surface area contributed by atoms with Crippen LogP contribution < -0.4 is 0 Å². The minimum absolute atomic E-state index is 0. The van der Waals surface area contributed by atoms with Crippen molar-refractivity contribution in [3.05, 3.63) is 0 Å². The van der Waals surface area contributed by atoms with Crippen LogP contribution in [0.25, 0.3) is 0 Å². The van der Waals surface area contributed by atoms with Gasteiger partial charge in [0.05, 0.1) is 0 Å². The number of carbonyl (C=O) groups is 1. The molecule has 0 unspecified atom stereocenters. The molecule has 78 valence electrons. The largest absolute Gasteiger partial charge is 0.303 e. The summed E-state index contributed by atoms with van der Waals surface area (Å²) in [4.78, 5) is 10.0. The summed E-state index contributed by atoms with van der Waals surface area (Å²) < 4.78 is 0. The van der Waals surface area contributed by atoms with Gasteiger partial charge in [-0.15, -0.1) is 0 Å². The van der Waals surface area contributed by atoms with Crippen molar-refractivity contribution in [3.8, 4) is 0 Å². The zero-order valence-electron chi connectivity index (χ0n) is 8.28. The predicted molar refractivity (Wildman–Crippen MR) is 51.1 cm³/mol. The molecule has 0 saturated heterocycles. The second-order valence-electron chi connectivity index (χ2n) is 3.95. The Balaban J connectivity index is 0.000000215. The Morgan fingerprint density at radius 1 is 0.769 bits per heavy atom. The van der Waals surface area contributed by atoms with Crippen LogP contribution in [-0.4, -0.2) is 6.29 Å². The van der Waals surface area contributed by atoms with Gasteiger partial charge >= 0.3 is 0 Å². The first-order chi connectivity index (χ1) is 5.93. The monoisotopic (exact) mass is 224 g/mol. The molecule has 2 fully saturated rings. The summed E-state index contributed by atoms with van der Waals surface area (Å²) >= 11 is 0. The van der Waals surface area contributed by atoms with E-state index < -0.39 is 0 Å². The molecule has 0 radical (unpaired) electrons. The molecular formula is C11H20FeO. The number of carbonyl (C=O) groups excluding carboxylic acids is 1. The van der Waals surface area contributed by atoms with Gasteiger partial charge < -0.3 is 4.79 Å². The molecule has 0 atom stereocenters. The minimum Gasteiger partial charge on any atom is -0.303 e. The second kappa shape index (κ2) is 8.77. The summed E-state index contributed by atoms with van der Waals surface area (Å²) in [5.41, 5.74) is 0. The molecule has 13 heavy (non-hydrogen) atoms. The molecule has 0 bridgehead atoms. The summed E-state index contributed by atoms with van der Waals surface area (Å²) in [5.74, 6) is 0.417. The summed E-state index contributed by atoms with van der Waals surface area (Å²) in [5, 5.41) is 0. The van der Waals surface area contributed by atoms with Gasteiger partial charge in [-0.3, -0.25) is 0 Å². The van der Waals surface area contributed by atoms with Crippen molar-refractivity contribution in [1.29, 1.82) is 0 Å². The third-order valence-corrected chi connectivity index (χ3v) is 2.84. The second-order valence-corrected chi connectivity index (χ2v) is 3.95. The number of hydrogen-bond donors (Lipinski definition) is 0. The van der Waals surface area contributed by atoms with Crippen molar-refractivity contribution in [2.75, 3.05) is 0 Å². The van der Waals surface area contributed by atoms with E-state index in [1.165, 1.54) is 44.9 Å². The average Bonchev–Trinajstić information content (AvgIpc) is 2.81. The van der Waals surface area contributed by atoms with Crippen molar-refractivity contribution in [2.45, 2.75) is 57.8 Å². The zero-order valence-corrected chi connectivity index (χ0v) is 9.38. The molecule has 2 rings (SSSR count). The summed E-state index contributed by atoms with van der Waals surface area (Å²) in [6, 6.07) is 0. The van der Waals surface area contributed by atoms with Gasteiger partial charge in [-0.05, 0) is 12.8 Å². The Hall–Kier alpha value is 0.189. The third kappa shape index (κ3) is 6.29. The fourth-order valence-electron chi connectivity index (χ4n) is 1.98. The zero-order chi connectivity index (χ0) is 8.65. The van der Waals surface area contributed by atoms with Crippen molar-refractivity contribution >= 4 is 6.29 Å². The Kier molecular flexibility index (Phi) is 8.90. The van der Waals surface area contributed by atoms with Crippen molar-refractivity contribution < 1.29 is 21.9 Å². The van der Waals surface area contributed by atoms with E-state index in [1.54, 1.807) is 0 Å². The Morgan fingerprint density at radius 2 is 1.15 bits per heavy atom. The molecule has 1 nitrogen and oxygen atoms in total. The molecule has 2 aliphatic carbocycles. The normalized spacial score (nSPS) is 21.5. The van der Waals surface area contributed by atoms with Crippen molar-refractivity contribution in [1.82, 2.24) is 0 Å². The van der Waals surface area contributed by atoms with Gasteiger partial charge in [-0.2, -0.15) is 0 Å². The van der Waals surface area contributed by atoms with Crippen LogP contribution in [0.3, 0.4) is 0 Å². The van der Waals surface area contributed by atoms with Gasteiger partial charge in [0.2, 0.25) is 0 Å². The molecule has 0 aromatic carbocycles. The van der Waals surface area contributed by atoms with E-state index in [4.69, 9.17) is 0 Å². The van der Waals surface area contributed by atoms with Gasteiger partial charge in [-0.1, -0.05) is 44.9 Å². The first kappa shape index (κ1) is 13.2. The number of hydrogen-bond acceptors (Lipinski definition) is 1. The molecule has 0 heterocycles. The maximum Gasteiger partial charge on any atom is 0.123 e. The molecule has 2 saturated carbocycles. The Labute approximate surface area is 92.1 Å². The van der Waals surface area contributed by atoms with Gasteiger partial charge in [0, 0.05) is 23.0 Å². The van der Waals surface area contributed by atoms with Crippen LogP contribution >= 0.6 is 0 Å². The first-order valence-corrected chi connectivity index (χ1v) is 5.39. The molecule has 0 spiro atoms. The van der Waals surface area contributed by atoms with E-state index in [2.05, 4.69) is 0 Å². The van der Waals surface area contributed by atoms with E-state index >= 15 is 0 Å². The van der Waals surface area contributed by atoms with Crippen LogP contribution in [0.4, 0.5) is 0 Å². The van der Waals surface area contributed by atoms with Crippen LogP contribution in [0.2, 0.25) is 0 Å². The third-order valence-electron chi connectivity index (χ3n) is 2.84. The van der Waals surface area contributed by atoms with Crippen LogP contribution in [-0.2, 0) is 21.9 Å².